The largest absolute Gasteiger partial charge is 0.298 e. The molecule has 0 aliphatic heterocycles. The fourth-order valence-corrected chi connectivity index (χ4v) is 3.30. The molecule has 0 radical (unpaired) electrons. The smallest absolute Gasteiger partial charge is 0.260 e. The number of amides is 1. The summed E-state index contributed by atoms with van der Waals surface area (Å²) in [4.78, 5) is 16.4. The Labute approximate surface area is 149 Å². The van der Waals surface area contributed by atoms with E-state index in [1.54, 1.807) is 23.6 Å². The molecular formula is C16H8Cl2F2N2OS. The Kier molecular flexibility index (Phi) is 4.80. The highest BCUT2D eigenvalue weighted by Gasteiger charge is 2.17. The van der Waals surface area contributed by atoms with Crippen LogP contribution in [0.15, 0.2) is 41.8 Å². The molecule has 0 fully saturated rings. The van der Waals surface area contributed by atoms with E-state index in [2.05, 4.69) is 10.3 Å². The maximum absolute atomic E-state index is 13.8. The van der Waals surface area contributed by atoms with Gasteiger partial charge in [-0.05, 0) is 24.3 Å². The van der Waals surface area contributed by atoms with Crippen molar-refractivity contribution in [3.8, 4) is 11.3 Å². The Morgan fingerprint density at radius 2 is 1.83 bits per heavy atom. The molecule has 122 valence electrons. The summed E-state index contributed by atoms with van der Waals surface area (Å²) in [5.41, 5.74) is 0.563. The van der Waals surface area contributed by atoms with Crippen molar-refractivity contribution in [3.63, 3.8) is 0 Å². The molecule has 1 N–H and O–H groups in total. The molecule has 0 saturated carbocycles. The maximum Gasteiger partial charge on any atom is 0.260 e. The van der Waals surface area contributed by atoms with E-state index in [9.17, 15) is 13.6 Å². The number of hydrogen-bond donors (Lipinski definition) is 1. The molecule has 1 aromatic heterocycles. The Balaban J connectivity index is 1.85. The van der Waals surface area contributed by atoms with Gasteiger partial charge in [0.25, 0.3) is 5.91 Å². The van der Waals surface area contributed by atoms with Crippen LogP contribution in [0, 0.1) is 11.6 Å². The predicted molar refractivity (Wildman–Crippen MR) is 91.9 cm³/mol. The van der Waals surface area contributed by atoms with Gasteiger partial charge >= 0.3 is 0 Å². The fourth-order valence-electron chi connectivity index (χ4n) is 2.03. The second-order valence-electron chi connectivity index (χ2n) is 4.71. The normalized spacial score (nSPS) is 10.7. The Morgan fingerprint density at radius 1 is 1.12 bits per heavy atom. The van der Waals surface area contributed by atoms with Crippen LogP contribution in [0.4, 0.5) is 13.9 Å². The number of halogens is 4. The number of hydrogen-bond acceptors (Lipinski definition) is 3. The lowest BCUT2D eigenvalue weighted by atomic mass is 10.1. The van der Waals surface area contributed by atoms with Crippen LogP contribution in [0.3, 0.4) is 0 Å². The summed E-state index contributed by atoms with van der Waals surface area (Å²) < 4.78 is 26.7. The molecule has 0 aliphatic rings. The van der Waals surface area contributed by atoms with Gasteiger partial charge in [0.1, 0.15) is 11.6 Å². The summed E-state index contributed by atoms with van der Waals surface area (Å²) in [5, 5.41) is 4.78. The summed E-state index contributed by atoms with van der Waals surface area (Å²) in [6.07, 6.45) is 0. The van der Waals surface area contributed by atoms with E-state index in [1.807, 2.05) is 0 Å². The second kappa shape index (κ2) is 6.84. The zero-order chi connectivity index (χ0) is 17.3. The van der Waals surface area contributed by atoms with Gasteiger partial charge in [0.05, 0.1) is 21.3 Å². The summed E-state index contributed by atoms with van der Waals surface area (Å²) in [5.74, 6) is -1.92. The third-order valence-corrected chi connectivity index (χ3v) is 4.51. The first-order valence-corrected chi connectivity index (χ1v) is 8.25. The van der Waals surface area contributed by atoms with Crippen molar-refractivity contribution in [3.05, 3.63) is 69.0 Å². The van der Waals surface area contributed by atoms with Gasteiger partial charge in [-0.3, -0.25) is 10.1 Å². The molecule has 0 saturated heterocycles. The van der Waals surface area contributed by atoms with Gasteiger partial charge in [0.15, 0.2) is 5.13 Å². The van der Waals surface area contributed by atoms with Crippen LogP contribution in [0.2, 0.25) is 10.0 Å². The van der Waals surface area contributed by atoms with E-state index < -0.39 is 17.5 Å². The van der Waals surface area contributed by atoms with Crippen molar-refractivity contribution >= 4 is 45.6 Å². The van der Waals surface area contributed by atoms with Crippen molar-refractivity contribution in [2.75, 3.05) is 5.32 Å². The van der Waals surface area contributed by atoms with Gasteiger partial charge in [-0.2, -0.15) is 0 Å². The van der Waals surface area contributed by atoms with E-state index in [0.29, 0.717) is 0 Å². The van der Waals surface area contributed by atoms with E-state index >= 15 is 0 Å². The predicted octanol–water partition coefficient (Wildman–Crippen LogP) is 5.65. The van der Waals surface area contributed by atoms with Crippen LogP contribution in [0.25, 0.3) is 11.3 Å². The first-order chi connectivity index (χ1) is 11.5. The summed E-state index contributed by atoms with van der Waals surface area (Å²) in [6.45, 7) is 0. The Bertz CT molecular complexity index is 910. The molecule has 3 aromatic rings. The quantitative estimate of drug-likeness (QED) is 0.633. The van der Waals surface area contributed by atoms with Gasteiger partial charge in [0.2, 0.25) is 0 Å². The van der Waals surface area contributed by atoms with Crippen molar-refractivity contribution in [2.24, 2.45) is 0 Å². The average molecular weight is 385 g/mol. The Morgan fingerprint density at radius 3 is 2.50 bits per heavy atom. The molecule has 8 heteroatoms. The van der Waals surface area contributed by atoms with Crippen LogP contribution in [-0.2, 0) is 0 Å². The lowest BCUT2D eigenvalue weighted by molar-refractivity contribution is 0.102. The molecule has 0 atom stereocenters. The highest BCUT2D eigenvalue weighted by atomic mass is 35.5. The summed E-state index contributed by atoms with van der Waals surface area (Å²) in [6, 6.07) is 7.92. The van der Waals surface area contributed by atoms with Crippen LogP contribution >= 0.6 is 34.5 Å². The molecule has 24 heavy (non-hydrogen) atoms. The minimum atomic E-state index is -0.729. The molecule has 0 unspecified atom stereocenters. The van der Waals surface area contributed by atoms with E-state index in [-0.39, 0.29) is 32.0 Å². The number of benzene rings is 2. The van der Waals surface area contributed by atoms with Gasteiger partial charge < -0.3 is 0 Å². The molecule has 1 amide bonds. The first-order valence-electron chi connectivity index (χ1n) is 6.62. The van der Waals surface area contributed by atoms with E-state index in [0.717, 1.165) is 23.5 Å². The highest BCUT2D eigenvalue weighted by Crippen LogP contribution is 2.29. The van der Waals surface area contributed by atoms with Crippen LogP contribution in [0.1, 0.15) is 10.4 Å². The number of nitrogens with zero attached hydrogens (tertiary/aromatic N) is 1. The monoisotopic (exact) mass is 384 g/mol. The lowest BCUT2D eigenvalue weighted by Crippen LogP contribution is -2.13. The highest BCUT2D eigenvalue weighted by molar-refractivity contribution is 7.14. The van der Waals surface area contributed by atoms with E-state index in [4.69, 9.17) is 23.2 Å². The molecule has 0 aliphatic carbocycles. The number of anilines is 1. The number of carbonyl (C=O) groups is 1. The van der Waals surface area contributed by atoms with Crippen molar-refractivity contribution < 1.29 is 13.6 Å². The minimum Gasteiger partial charge on any atom is -0.298 e. The number of nitrogens with one attached hydrogen (secondary N) is 1. The van der Waals surface area contributed by atoms with Crippen molar-refractivity contribution in [2.45, 2.75) is 0 Å². The second-order valence-corrected chi connectivity index (χ2v) is 6.39. The maximum atomic E-state index is 13.8. The number of carbonyl (C=O) groups excluding carboxylic acids is 1. The van der Waals surface area contributed by atoms with Gasteiger partial charge in [-0.15, -0.1) is 11.3 Å². The van der Waals surface area contributed by atoms with Crippen molar-refractivity contribution in [1.82, 2.24) is 4.98 Å². The van der Waals surface area contributed by atoms with Crippen LogP contribution in [-0.4, -0.2) is 10.9 Å². The minimum absolute atomic E-state index is 0.130. The third-order valence-electron chi connectivity index (χ3n) is 3.12. The van der Waals surface area contributed by atoms with Gasteiger partial charge in [0, 0.05) is 17.0 Å². The number of aromatic nitrogens is 1. The molecular weight excluding hydrogens is 377 g/mol. The zero-order valence-corrected chi connectivity index (χ0v) is 14.1. The molecule has 1 heterocycles. The van der Waals surface area contributed by atoms with Gasteiger partial charge in [-0.25, -0.2) is 13.8 Å². The lowest BCUT2D eigenvalue weighted by Gasteiger charge is -2.06. The fraction of sp³-hybridized carbons (Fsp3) is 0. The number of rotatable bonds is 3. The molecule has 0 bridgehead atoms. The standard InChI is InChI=1S/C16H8Cl2F2N2OS/c17-10-2-1-3-11(18)14(10)15(23)22-16-21-13(7-24-16)9-5-4-8(19)6-12(9)20/h1-7H,(H,21,22,23). The summed E-state index contributed by atoms with van der Waals surface area (Å²) >= 11 is 13.1. The third kappa shape index (κ3) is 3.40. The van der Waals surface area contributed by atoms with Crippen LogP contribution in [0.5, 0.6) is 0 Å². The molecule has 0 spiro atoms. The first kappa shape index (κ1) is 16.8. The Hall–Kier alpha value is -2.02. The molecule has 3 nitrogen and oxygen atoms in total. The molecule has 3 rings (SSSR count). The average Bonchev–Trinajstić information content (AvgIpc) is 2.95. The zero-order valence-electron chi connectivity index (χ0n) is 11.8. The van der Waals surface area contributed by atoms with Crippen LogP contribution < -0.4 is 5.32 Å². The number of thiazole rings is 1. The summed E-state index contributed by atoms with van der Waals surface area (Å²) in [7, 11) is 0. The molecule has 2 aromatic carbocycles. The SMILES string of the molecule is O=C(Nc1nc(-c2ccc(F)cc2F)cs1)c1c(Cl)cccc1Cl. The van der Waals surface area contributed by atoms with E-state index in [1.165, 1.54) is 6.07 Å². The topological polar surface area (TPSA) is 42.0 Å². The van der Waals surface area contributed by atoms with Crippen molar-refractivity contribution in [1.29, 1.82) is 0 Å². The van der Waals surface area contributed by atoms with Gasteiger partial charge in [-0.1, -0.05) is 29.3 Å².